The minimum Gasteiger partial charge on any atom is -0.321 e. The summed E-state index contributed by atoms with van der Waals surface area (Å²) in [6.45, 7) is 3.79. The summed E-state index contributed by atoms with van der Waals surface area (Å²) in [5, 5.41) is 7.82. The number of benzene rings is 1. The van der Waals surface area contributed by atoms with Crippen LogP contribution in [-0.4, -0.2) is 17.4 Å². The van der Waals surface area contributed by atoms with Crippen LogP contribution >= 0.6 is 11.3 Å². The summed E-state index contributed by atoms with van der Waals surface area (Å²) in [6.07, 6.45) is 0. The lowest BCUT2D eigenvalue weighted by Crippen LogP contribution is -2.14. The maximum atomic E-state index is 11.8. The first-order chi connectivity index (χ1) is 8.79. The highest BCUT2D eigenvalue weighted by molar-refractivity contribution is 7.07. The number of carbonyl (C=O) groups excluding carboxylic acids is 1. The van der Waals surface area contributed by atoms with Crippen molar-refractivity contribution in [3.05, 3.63) is 46.4 Å². The van der Waals surface area contributed by atoms with Gasteiger partial charge in [-0.3, -0.25) is 4.79 Å². The molecular formula is C13H15N3OS. The van der Waals surface area contributed by atoms with E-state index in [2.05, 4.69) is 22.5 Å². The van der Waals surface area contributed by atoms with Crippen molar-refractivity contribution in [3.8, 4) is 0 Å². The Kier molecular flexibility index (Phi) is 4.44. The molecule has 18 heavy (non-hydrogen) atoms. The second-order valence-corrected chi connectivity index (χ2v) is 4.53. The van der Waals surface area contributed by atoms with Crippen LogP contribution in [0.3, 0.4) is 0 Å². The highest BCUT2D eigenvalue weighted by atomic mass is 32.1. The Hall–Kier alpha value is -1.72. The van der Waals surface area contributed by atoms with Crippen molar-refractivity contribution in [2.45, 2.75) is 13.5 Å². The fraction of sp³-hybridized carbons (Fsp3) is 0.231. The fourth-order valence-electron chi connectivity index (χ4n) is 1.55. The van der Waals surface area contributed by atoms with Gasteiger partial charge in [0.15, 0.2) is 0 Å². The Labute approximate surface area is 110 Å². The smallest absolute Gasteiger partial charge is 0.275 e. The number of nitrogens with zero attached hydrogens (tertiary/aromatic N) is 1. The van der Waals surface area contributed by atoms with E-state index in [4.69, 9.17) is 0 Å². The van der Waals surface area contributed by atoms with E-state index in [1.54, 1.807) is 10.9 Å². The second kappa shape index (κ2) is 6.28. The third kappa shape index (κ3) is 3.38. The number of carbonyl (C=O) groups is 1. The first-order valence-electron chi connectivity index (χ1n) is 5.79. The lowest BCUT2D eigenvalue weighted by molar-refractivity contribution is 0.102. The van der Waals surface area contributed by atoms with Crippen LogP contribution in [0.1, 0.15) is 23.0 Å². The van der Waals surface area contributed by atoms with Gasteiger partial charge >= 0.3 is 0 Å². The van der Waals surface area contributed by atoms with Gasteiger partial charge in [-0.2, -0.15) is 0 Å². The zero-order valence-electron chi connectivity index (χ0n) is 10.1. The van der Waals surface area contributed by atoms with Crippen LogP contribution in [0.4, 0.5) is 5.69 Å². The molecule has 2 N–H and O–H groups in total. The Morgan fingerprint density at radius 2 is 2.33 bits per heavy atom. The summed E-state index contributed by atoms with van der Waals surface area (Å²) in [5.74, 6) is -0.170. The van der Waals surface area contributed by atoms with Crippen LogP contribution in [-0.2, 0) is 6.54 Å². The maximum absolute atomic E-state index is 11.8. The summed E-state index contributed by atoms with van der Waals surface area (Å²) >= 11 is 1.41. The molecule has 0 aliphatic heterocycles. The summed E-state index contributed by atoms with van der Waals surface area (Å²) < 4.78 is 0. The van der Waals surface area contributed by atoms with Gasteiger partial charge in [-0.25, -0.2) is 4.98 Å². The molecule has 94 valence electrons. The molecule has 2 rings (SSSR count). The summed E-state index contributed by atoms with van der Waals surface area (Å²) in [6, 6.07) is 7.80. The van der Waals surface area contributed by atoms with E-state index >= 15 is 0 Å². The van der Waals surface area contributed by atoms with Crippen molar-refractivity contribution in [2.24, 2.45) is 0 Å². The molecule has 0 spiro atoms. The van der Waals surface area contributed by atoms with Gasteiger partial charge < -0.3 is 10.6 Å². The van der Waals surface area contributed by atoms with Crippen molar-refractivity contribution in [3.63, 3.8) is 0 Å². The monoisotopic (exact) mass is 261 g/mol. The van der Waals surface area contributed by atoms with Crippen LogP contribution in [0.25, 0.3) is 0 Å². The lowest BCUT2D eigenvalue weighted by atomic mass is 10.2. The molecule has 5 heteroatoms. The topological polar surface area (TPSA) is 54.0 Å². The summed E-state index contributed by atoms with van der Waals surface area (Å²) in [5.41, 5.74) is 4.05. The van der Waals surface area contributed by atoms with Gasteiger partial charge in [-0.05, 0) is 24.2 Å². The van der Waals surface area contributed by atoms with Crippen LogP contribution in [0, 0.1) is 0 Å². The molecule has 1 aromatic carbocycles. The zero-order valence-corrected chi connectivity index (χ0v) is 11.0. The average molecular weight is 261 g/mol. The molecule has 0 aliphatic carbocycles. The number of nitrogens with one attached hydrogen (secondary N) is 2. The van der Waals surface area contributed by atoms with Gasteiger partial charge in [-0.15, -0.1) is 11.3 Å². The minimum atomic E-state index is -0.170. The summed E-state index contributed by atoms with van der Waals surface area (Å²) in [7, 11) is 0. The lowest BCUT2D eigenvalue weighted by Gasteiger charge is -2.06. The van der Waals surface area contributed by atoms with E-state index in [0.717, 1.165) is 24.3 Å². The van der Waals surface area contributed by atoms with Crippen molar-refractivity contribution >= 4 is 22.9 Å². The van der Waals surface area contributed by atoms with E-state index in [1.807, 2.05) is 24.3 Å². The molecule has 0 unspecified atom stereocenters. The molecule has 1 aromatic heterocycles. The largest absolute Gasteiger partial charge is 0.321 e. The van der Waals surface area contributed by atoms with Crippen LogP contribution in [0.15, 0.2) is 35.2 Å². The van der Waals surface area contributed by atoms with Gasteiger partial charge in [0.05, 0.1) is 5.51 Å². The molecule has 0 saturated heterocycles. The first-order valence-corrected chi connectivity index (χ1v) is 6.73. The molecule has 1 amide bonds. The normalized spacial score (nSPS) is 10.3. The first kappa shape index (κ1) is 12.7. The van der Waals surface area contributed by atoms with E-state index < -0.39 is 0 Å². The number of hydrogen-bond acceptors (Lipinski definition) is 4. The predicted molar refractivity (Wildman–Crippen MR) is 73.9 cm³/mol. The van der Waals surface area contributed by atoms with Gasteiger partial charge in [0.1, 0.15) is 5.69 Å². The summed E-state index contributed by atoms with van der Waals surface area (Å²) in [4.78, 5) is 15.8. The standard InChI is InChI=1S/C13H15N3OS/c1-2-14-7-10-4-3-5-11(6-10)16-13(17)12-8-18-9-15-12/h3-6,8-9,14H,2,7H2,1H3,(H,16,17). The SMILES string of the molecule is CCNCc1cccc(NC(=O)c2cscn2)c1. The molecular weight excluding hydrogens is 246 g/mol. The molecule has 2 aromatic rings. The maximum Gasteiger partial charge on any atom is 0.275 e. The average Bonchev–Trinajstić information content (AvgIpc) is 2.91. The molecule has 0 atom stereocenters. The highest BCUT2D eigenvalue weighted by Gasteiger charge is 2.07. The Morgan fingerprint density at radius 1 is 1.44 bits per heavy atom. The van der Waals surface area contributed by atoms with Crippen LogP contribution in [0.5, 0.6) is 0 Å². The molecule has 4 nitrogen and oxygen atoms in total. The molecule has 0 radical (unpaired) electrons. The third-order valence-electron chi connectivity index (χ3n) is 2.43. The molecule has 0 saturated carbocycles. The van der Waals surface area contributed by atoms with E-state index in [0.29, 0.717) is 5.69 Å². The predicted octanol–water partition coefficient (Wildman–Crippen LogP) is 2.50. The number of hydrogen-bond donors (Lipinski definition) is 2. The quantitative estimate of drug-likeness (QED) is 0.869. The van der Waals surface area contributed by atoms with Gasteiger partial charge in [0, 0.05) is 17.6 Å². The number of anilines is 1. The Balaban J connectivity index is 2.03. The minimum absolute atomic E-state index is 0.170. The third-order valence-corrected chi connectivity index (χ3v) is 3.02. The van der Waals surface area contributed by atoms with E-state index in [9.17, 15) is 4.79 Å². The highest BCUT2D eigenvalue weighted by Crippen LogP contribution is 2.12. The van der Waals surface area contributed by atoms with Crippen molar-refractivity contribution in [2.75, 3.05) is 11.9 Å². The second-order valence-electron chi connectivity index (χ2n) is 3.81. The Bertz CT molecular complexity index is 511. The van der Waals surface area contributed by atoms with Gasteiger partial charge in [-0.1, -0.05) is 19.1 Å². The molecule has 0 aliphatic rings. The van der Waals surface area contributed by atoms with E-state index in [1.165, 1.54) is 11.3 Å². The van der Waals surface area contributed by atoms with Gasteiger partial charge in [0.25, 0.3) is 5.91 Å². The zero-order chi connectivity index (χ0) is 12.8. The Morgan fingerprint density at radius 3 is 3.06 bits per heavy atom. The number of rotatable bonds is 5. The van der Waals surface area contributed by atoms with Crippen molar-refractivity contribution < 1.29 is 4.79 Å². The number of aromatic nitrogens is 1. The van der Waals surface area contributed by atoms with Crippen LogP contribution < -0.4 is 10.6 Å². The number of amides is 1. The van der Waals surface area contributed by atoms with Crippen molar-refractivity contribution in [1.82, 2.24) is 10.3 Å². The molecule has 0 fully saturated rings. The molecule has 1 heterocycles. The fourth-order valence-corrected chi connectivity index (χ4v) is 2.08. The van der Waals surface area contributed by atoms with E-state index in [-0.39, 0.29) is 5.91 Å². The van der Waals surface area contributed by atoms with Gasteiger partial charge in [0.2, 0.25) is 0 Å². The molecule has 0 bridgehead atoms. The van der Waals surface area contributed by atoms with Crippen LogP contribution in [0.2, 0.25) is 0 Å². The van der Waals surface area contributed by atoms with Crippen molar-refractivity contribution in [1.29, 1.82) is 0 Å². The number of thiazole rings is 1.